The molecule has 15 atom stereocenters. The van der Waals surface area contributed by atoms with E-state index in [2.05, 4.69) is 0 Å². The number of phenolic OH excluding ortho intramolecular Hbond substituents is 2. The average Bonchev–Trinajstić information content (AvgIpc) is 3.11. The minimum atomic E-state index is -2.11. The lowest BCUT2D eigenvalue weighted by molar-refractivity contribution is -0.359. The summed E-state index contributed by atoms with van der Waals surface area (Å²) >= 11 is 0. The maximum absolute atomic E-state index is 13.0. The average molecular weight is 755 g/mol. The second kappa shape index (κ2) is 15.4. The normalized spacial score (nSPS) is 37.7. The van der Waals surface area contributed by atoms with Crippen LogP contribution in [0, 0.1) is 0 Å². The van der Waals surface area contributed by atoms with Gasteiger partial charge in [0.25, 0.3) is 0 Å². The Morgan fingerprint density at radius 2 is 1.40 bits per heavy atom. The lowest BCUT2D eigenvalue weighted by Crippen LogP contribution is -2.66. The van der Waals surface area contributed by atoms with E-state index in [1.165, 1.54) is 31.2 Å². The van der Waals surface area contributed by atoms with E-state index < -0.39 is 116 Å². The number of benzene rings is 2. The predicted octanol–water partition coefficient (Wildman–Crippen LogP) is -3.18. The van der Waals surface area contributed by atoms with Gasteiger partial charge in [0.05, 0.1) is 12.7 Å². The summed E-state index contributed by atoms with van der Waals surface area (Å²) in [6.45, 7) is 0.740. The van der Waals surface area contributed by atoms with Crippen molar-refractivity contribution in [3.8, 4) is 28.6 Å². The van der Waals surface area contributed by atoms with Crippen LogP contribution in [-0.2, 0) is 28.5 Å². The molecule has 6 rings (SSSR count). The Labute approximate surface area is 297 Å². The van der Waals surface area contributed by atoms with E-state index in [1.54, 1.807) is 0 Å². The number of rotatable bonds is 9. The van der Waals surface area contributed by atoms with Crippen LogP contribution in [0.1, 0.15) is 6.92 Å². The van der Waals surface area contributed by atoms with E-state index in [1.807, 2.05) is 0 Å². The largest absolute Gasteiger partial charge is 0.508 e. The van der Waals surface area contributed by atoms with Gasteiger partial charge < -0.3 is 89.0 Å². The zero-order valence-electron chi connectivity index (χ0n) is 27.5. The van der Waals surface area contributed by atoms with Crippen molar-refractivity contribution in [2.45, 2.75) is 99.0 Å². The van der Waals surface area contributed by atoms with Gasteiger partial charge in [0.2, 0.25) is 6.29 Å². The zero-order chi connectivity index (χ0) is 38.5. The van der Waals surface area contributed by atoms with Crippen LogP contribution >= 0.6 is 0 Å². The number of carbonyl (C=O) groups is 1. The highest BCUT2D eigenvalue weighted by Crippen LogP contribution is 2.35. The molecule has 3 fully saturated rings. The Bertz CT molecular complexity index is 1820. The van der Waals surface area contributed by atoms with Crippen molar-refractivity contribution in [2.75, 3.05) is 6.61 Å². The summed E-state index contributed by atoms with van der Waals surface area (Å²) < 4.78 is 39.4. The molecule has 0 saturated carbocycles. The molecule has 0 aliphatic carbocycles. The first-order chi connectivity index (χ1) is 25.0. The van der Waals surface area contributed by atoms with Crippen LogP contribution in [0.4, 0.5) is 0 Å². The lowest BCUT2D eigenvalue weighted by Gasteiger charge is -2.46. The fourth-order valence-corrected chi connectivity index (χ4v) is 6.16. The first kappa shape index (κ1) is 38.7. The van der Waals surface area contributed by atoms with Gasteiger partial charge in [0, 0.05) is 23.8 Å². The molecule has 0 bridgehead atoms. The molecule has 0 spiro atoms. The first-order valence-electron chi connectivity index (χ1n) is 16.2. The number of carboxylic acids is 1. The molecule has 3 aliphatic rings. The second-order valence-electron chi connectivity index (χ2n) is 12.8. The van der Waals surface area contributed by atoms with Crippen LogP contribution in [-0.4, -0.2) is 161 Å². The van der Waals surface area contributed by atoms with Crippen LogP contribution < -0.4 is 10.2 Å². The maximum atomic E-state index is 13.0. The summed E-state index contributed by atoms with van der Waals surface area (Å²) in [6, 6.07) is 8.92. The minimum Gasteiger partial charge on any atom is -0.508 e. The molecule has 3 aromatic rings. The molecule has 20 nitrogen and oxygen atoms in total. The first-order valence-corrected chi connectivity index (χ1v) is 16.2. The summed E-state index contributed by atoms with van der Waals surface area (Å²) in [7, 11) is 0. The number of aromatic hydroxyl groups is 2. The third kappa shape index (κ3) is 7.68. The standard InChI is InChI=1S/C33H38O20/c1-10-20(37)22(39)26(43)31(48-10)47-9-18-21(38)24(41)29(53-32-27(44)23(40)25(42)28(52-32)30(45)46)33(51-18)49-13-6-14(35)19-15(36)8-16(50-17(19)7-13)11-2-4-12(34)5-3-11/h2-8,10,18,20-29,31-35,37-44H,9H2,1H3,(H,45,46). The lowest BCUT2D eigenvalue weighted by atomic mass is 9.97. The van der Waals surface area contributed by atoms with E-state index in [9.17, 15) is 65.8 Å². The minimum absolute atomic E-state index is 0.0428. The number of aliphatic hydroxyl groups is 8. The van der Waals surface area contributed by atoms with Gasteiger partial charge in [0.15, 0.2) is 30.2 Å². The van der Waals surface area contributed by atoms with Crippen molar-refractivity contribution in [3.63, 3.8) is 0 Å². The highest BCUT2D eigenvalue weighted by atomic mass is 16.8. The van der Waals surface area contributed by atoms with Gasteiger partial charge in [0.1, 0.15) is 88.9 Å². The monoisotopic (exact) mass is 754 g/mol. The van der Waals surface area contributed by atoms with Crippen LogP contribution in [0.2, 0.25) is 0 Å². The molecule has 1 aromatic heterocycles. The van der Waals surface area contributed by atoms with Gasteiger partial charge in [-0.1, -0.05) is 0 Å². The summed E-state index contributed by atoms with van der Waals surface area (Å²) in [4.78, 5) is 24.7. The molecule has 11 N–H and O–H groups in total. The zero-order valence-corrected chi connectivity index (χ0v) is 27.5. The van der Waals surface area contributed by atoms with Crippen molar-refractivity contribution in [1.82, 2.24) is 0 Å². The number of carboxylic acid groups (broad SMARTS) is 1. The Kier molecular flexibility index (Phi) is 11.2. The number of phenols is 2. The molecule has 53 heavy (non-hydrogen) atoms. The van der Waals surface area contributed by atoms with Crippen LogP contribution in [0.15, 0.2) is 51.7 Å². The van der Waals surface area contributed by atoms with E-state index in [0.29, 0.717) is 5.56 Å². The topological polar surface area (TPSA) is 325 Å². The van der Waals surface area contributed by atoms with Crippen molar-refractivity contribution >= 4 is 16.9 Å². The summed E-state index contributed by atoms with van der Waals surface area (Å²) in [6.07, 6.45) is -27.1. The number of hydrogen-bond acceptors (Lipinski definition) is 19. The van der Waals surface area contributed by atoms with Crippen molar-refractivity contribution in [2.24, 2.45) is 0 Å². The second-order valence-corrected chi connectivity index (χ2v) is 12.8. The highest BCUT2D eigenvalue weighted by molar-refractivity contribution is 5.86. The third-order valence-electron chi connectivity index (χ3n) is 9.17. The molecule has 4 heterocycles. The van der Waals surface area contributed by atoms with Gasteiger partial charge in [-0.2, -0.15) is 0 Å². The van der Waals surface area contributed by atoms with Crippen molar-refractivity contribution in [3.05, 3.63) is 52.7 Å². The predicted molar refractivity (Wildman–Crippen MR) is 170 cm³/mol. The molecule has 20 heteroatoms. The van der Waals surface area contributed by atoms with E-state index >= 15 is 0 Å². The van der Waals surface area contributed by atoms with Gasteiger partial charge in [-0.3, -0.25) is 4.79 Å². The van der Waals surface area contributed by atoms with Gasteiger partial charge in [-0.25, -0.2) is 4.79 Å². The molecule has 3 aliphatic heterocycles. The van der Waals surface area contributed by atoms with E-state index in [-0.39, 0.29) is 28.2 Å². The number of ether oxygens (including phenoxy) is 6. The summed E-state index contributed by atoms with van der Waals surface area (Å²) in [5.41, 5.74) is -0.464. The van der Waals surface area contributed by atoms with Crippen LogP contribution in [0.5, 0.6) is 17.2 Å². The van der Waals surface area contributed by atoms with Crippen LogP contribution in [0.3, 0.4) is 0 Å². The Morgan fingerprint density at radius 1 is 0.736 bits per heavy atom. The molecule has 2 aromatic carbocycles. The van der Waals surface area contributed by atoms with Gasteiger partial charge in [-0.15, -0.1) is 0 Å². The molecular weight excluding hydrogens is 716 g/mol. The number of aliphatic carboxylic acids is 1. The Morgan fingerprint density at radius 3 is 2.08 bits per heavy atom. The Hall–Kier alpha value is -4.00. The molecule has 0 radical (unpaired) electrons. The number of hydrogen-bond donors (Lipinski definition) is 11. The van der Waals surface area contributed by atoms with E-state index in [0.717, 1.165) is 18.2 Å². The fourth-order valence-electron chi connectivity index (χ4n) is 6.16. The van der Waals surface area contributed by atoms with Gasteiger partial charge >= 0.3 is 5.97 Å². The highest BCUT2D eigenvalue weighted by Gasteiger charge is 2.53. The van der Waals surface area contributed by atoms with Crippen LogP contribution in [0.25, 0.3) is 22.3 Å². The molecule has 3 saturated heterocycles. The van der Waals surface area contributed by atoms with Gasteiger partial charge in [-0.05, 0) is 31.2 Å². The summed E-state index contributed by atoms with van der Waals surface area (Å²) in [5, 5.41) is 114. The number of aliphatic hydroxyl groups excluding tert-OH is 8. The molecule has 0 amide bonds. The third-order valence-corrected chi connectivity index (χ3v) is 9.17. The van der Waals surface area contributed by atoms with Crippen molar-refractivity contribution in [1.29, 1.82) is 0 Å². The maximum Gasteiger partial charge on any atom is 0.335 e. The number of fused-ring (bicyclic) bond motifs is 1. The van der Waals surface area contributed by atoms with Crippen molar-refractivity contribution < 1.29 is 93.8 Å². The fraction of sp³-hybridized carbons (Fsp3) is 0.515. The summed E-state index contributed by atoms with van der Waals surface area (Å²) in [5.74, 6) is -2.65. The molecule has 15 unspecified atom stereocenters. The van der Waals surface area contributed by atoms with E-state index in [4.69, 9.17) is 32.8 Å². The molecule has 290 valence electrons. The SMILES string of the molecule is CC1OC(OCC2OC(Oc3cc(O)c4c(=O)cc(-c5ccc(O)cc5)oc4c3)C(OC3OC(C(=O)O)C(O)C(O)C3O)C(O)C2O)C(O)C(O)C1O. The molecular formula is C33H38O20. The quantitative estimate of drug-likeness (QED) is 0.103. The Balaban J connectivity index is 1.31. The smallest absolute Gasteiger partial charge is 0.335 e.